The number of methoxy groups -OCH3 is 1. The SMILES string of the molecule is COCC1C2C/C=C/CCCC21. The van der Waals surface area contributed by atoms with Crippen molar-refractivity contribution >= 4 is 0 Å². The zero-order chi connectivity index (χ0) is 8.39. The van der Waals surface area contributed by atoms with Gasteiger partial charge in [0, 0.05) is 13.7 Å². The van der Waals surface area contributed by atoms with Gasteiger partial charge in [0.2, 0.25) is 0 Å². The molecule has 12 heavy (non-hydrogen) atoms. The summed E-state index contributed by atoms with van der Waals surface area (Å²) < 4.78 is 5.22. The van der Waals surface area contributed by atoms with E-state index in [2.05, 4.69) is 12.2 Å². The Morgan fingerprint density at radius 1 is 1.33 bits per heavy atom. The summed E-state index contributed by atoms with van der Waals surface area (Å²) in [6.07, 6.45) is 10.1. The molecule has 0 N–H and O–H groups in total. The number of ether oxygens (including phenoxy) is 1. The predicted octanol–water partition coefficient (Wildman–Crippen LogP) is 2.63. The average Bonchev–Trinajstić information content (AvgIpc) is 2.61. The van der Waals surface area contributed by atoms with Crippen LogP contribution in [0, 0.1) is 17.8 Å². The van der Waals surface area contributed by atoms with Crippen molar-refractivity contribution in [1.82, 2.24) is 0 Å². The van der Waals surface area contributed by atoms with E-state index in [0.29, 0.717) is 0 Å². The summed E-state index contributed by atoms with van der Waals surface area (Å²) in [6.45, 7) is 0.989. The molecule has 1 fully saturated rings. The van der Waals surface area contributed by atoms with Crippen molar-refractivity contribution in [3.8, 4) is 0 Å². The summed E-state index contributed by atoms with van der Waals surface area (Å²) in [5.74, 6) is 2.84. The molecule has 2 aliphatic rings. The van der Waals surface area contributed by atoms with Gasteiger partial charge in [-0.05, 0) is 43.4 Å². The maximum Gasteiger partial charge on any atom is 0.0496 e. The molecule has 0 heterocycles. The Bertz CT molecular complexity index is 170. The van der Waals surface area contributed by atoms with Gasteiger partial charge in [-0.1, -0.05) is 12.2 Å². The van der Waals surface area contributed by atoms with Crippen molar-refractivity contribution in [2.24, 2.45) is 17.8 Å². The summed E-state index contributed by atoms with van der Waals surface area (Å²) in [6, 6.07) is 0. The van der Waals surface area contributed by atoms with Crippen LogP contribution < -0.4 is 0 Å². The molecule has 2 aliphatic carbocycles. The molecular formula is C11H18O. The van der Waals surface area contributed by atoms with Crippen LogP contribution in [0.15, 0.2) is 12.2 Å². The third-order valence-electron chi connectivity index (χ3n) is 3.35. The molecular weight excluding hydrogens is 148 g/mol. The Morgan fingerprint density at radius 2 is 2.25 bits per heavy atom. The number of allylic oxidation sites excluding steroid dienone is 2. The fourth-order valence-electron chi connectivity index (χ4n) is 2.58. The highest BCUT2D eigenvalue weighted by Gasteiger charge is 2.48. The smallest absolute Gasteiger partial charge is 0.0496 e. The summed E-state index contributed by atoms with van der Waals surface area (Å²) in [5.41, 5.74) is 0. The quantitative estimate of drug-likeness (QED) is 0.573. The number of hydrogen-bond acceptors (Lipinski definition) is 1. The lowest BCUT2D eigenvalue weighted by molar-refractivity contribution is 0.177. The lowest BCUT2D eigenvalue weighted by atomic mass is 10.1. The Balaban J connectivity index is 1.87. The van der Waals surface area contributed by atoms with E-state index in [0.717, 1.165) is 24.4 Å². The van der Waals surface area contributed by atoms with E-state index in [9.17, 15) is 0 Å². The molecule has 0 radical (unpaired) electrons. The van der Waals surface area contributed by atoms with Gasteiger partial charge in [-0.25, -0.2) is 0 Å². The van der Waals surface area contributed by atoms with Gasteiger partial charge >= 0.3 is 0 Å². The molecule has 0 bridgehead atoms. The largest absolute Gasteiger partial charge is 0.384 e. The lowest BCUT2D eigenvalue weighted by Gasteiger charge is -1.99. The maximum absolute atomic E-state index is 5.22. The van der Waals surface area contributed by atoms with Crippen LogP contribution in [0.4, 0.5) is 0 Å². The van der Waals surface area contributed by atoms with Gasteiger partial charge in [0.25, 0.3) is 0 Å². The topological polar surface area (TPSA) is 9.23 Å². The molecule has 0 aromatic heterocycles. The van der Waals surface area contributed by atoms with Crippen molar-refractivity contribution < 1.29 is 4.74 Å². The zero-order valence-corrected chi connectivity index (χ0v) is 7.83. The molecule has 0 aromatic rings. The van der Waals surface area contributed by atoms with E-state index in [-0.39, 0.29) is 0 Å². The Morgan fingerprint density at radius 3 is 3.08 bits per heavy atom. The molecule has 3 unspecified atom stereocenters. The van der Waals surface area contributed by atoms with E-state index in [4.69, 9.17) is 4.74 Å². The molecule has 0 amide bonds. The first-order valence-corrected chi connectivity index (χ1v) is 5.07. The van der Waals surface area contributed by atoms with Crippen LogP contribution in [-0.2, 0) is 4.74 Å². The minimum absolute atomic E-state index is 0.887. The molecule has 1 saturated carbocycles. The van der Waals surface area contributed by atoms with E-state index < -0.39 is 0 Å². The van der Waals surface area contributed by atoms with Crippen molar-refractivity contribution in [2.75, 3.05) is 13.7 Å². The number of fused-ring (bicyclic) bond motifs is 1. The number of rotatable bonds is 2. The molecule has 1 heteroatoms. The molecule has 0 saturated heterocycles. The normalized spacial score (nSPS) is 42.6. The highest BCUT2D eigenvalue weighted by atomic mass is 16.5. The maximum atomic E-state index is 5.22. The van der Waals surface area contributed by atoms with E-state index in [1.807, 2.05) is 7.11 Å². The van der Waals surface area contributed by atoms with Crippen LogP contribution in [0.25, 0.3) is 0 Å². The minimum Gasteiger partial charge on any atom is -0.384 e. The van der Waals surface area contributed by atoms with Crippen LogP contribution >= 0.6 is 0 Å². The molecule has 68 valence electrons. The van der Waals surface area contributed by atoms with Gasteiger partial charge in [-0.2, -0.15) is 0 Å². The van der Waals surface area contributed by atoms with Crippen LogP contribution in [0.5, 0.6) is 0 Å². The Labute approximate surface area is 74.8 Å². The van der Waals surface area contributed by atoms with Crippen molar-refractivity contribution in [3.63, 3.8) is 0 Å². The van der Waals surface area contributed by atoms with Crippen LogP contribution in [0.3, 0.4) is 0 Å². The van der Waals surface area contributed by atoms with Crippen LogP contribution in [-0.4, -0.2) is 13.7 Å². The second kappa shape index (κ2) is 3.61. The highest BCUT2D eigenvalue weighted by molar-refractivity contribution is 5.02. The zero-order valence-electron chi connectivity index (χ0n) is 7.83. The lowest BCUT2D eigenvalue weighted by Crippen LogP contribution is -1.93. The summed E-state index contributed by atoms with van der Waals surface area (Å²) in [7, 11) is 1.82. The van der Waals surface area contributed by atoms with E-state index in [1.54, 1.807) is 0 Å². The van der Waals surface area contributed by atoms with Crippen LogP contribution in [0.1, 0.15) is 25.7 Å². The molecule has 2 rings (SSSR count). The van der Waals surface area contributed by atoms with Gasteiger partial charge in [-0.15, -0.1) is 0 Å². The Hall–Kier alpha value is -0.300. The first kappa shape index (κ1) is 8.31. The molecule has 3 atom stereocenters. The van der Waals surface area contributed by atoms with Gasteiger partial charge in [0.1, 0.15) is 0 Å². The van der Waals surface area contributed by atoms with Gasteiger partial charge in [0.15, 0.2) is 0 Å². The first-order chi connectivity index (χ1) is 5.93. The summed E-state index contributed by atoms with van der Waals surface area (Å²) in [4.78, 5) is 0. The second-order valence-electron chi connectivity index (χ2n) is 4.08. The molecule has 1 nitrogen and oxygen atoms in total. The van der Waals surface area contributed by atoms with Crippen LogP contribution in [0.2, 0.25) is 0 Å². The van der Waals surface area contributed by atoms with Crippen molar-refractivity contribution in [3.05, 3.63) is 12.2 Å². The van der Waals surface area contributed by atoms with Crippen molar-refractivity contribution in [2.45, 2.75) is 25.7 Å². The Kier molecular flexibility index (Phi) is 2.50. The standard InChI is InChI=1S/C11H18O/c1-12-8-11-9-6-4-2-3-5-7-10(9)11/h2,4,9-11H,3,5-8H2,1H3/b4-2+. The van der Waals surface area contributed by atoms with E-state index in [1.165, 1.54) is 25.7 Å². The monoisotopic (exact) mass is 166 g/mol. The molecule has 0 spiro atoms. The van der Waals surface area contributed by atoms with Crippen molar-refractivity contribution in [1.29, 1.82) is 0 Å². The second-order valence-corrected chi connectivity index (χ2v) is 4.08. The minimum atomic E-state index is 0.887. The molecule has 0 aliphatic heterocycles. The van der Waals surface area contributed by atoms with Gasteiger partial charge < -0.3 is 4.74 Å². The fraction of sp³-hybridized carbons (Fsp3) is 0.818. The number of hydrogen-bond donors (Lipinski definition) is 0. The summed E-state index contributed by atoms with van der Waals surface area (Å²) in [5, 5.41) is 0. The molecule has 0 aromatic carbocycles. The van der Waals surface area contributed by atoms with E-state index >= 15 is 0 Å². The fourth-order valence-corrected chi connectivity index (χ4v) is 2.58. The average molecular weight is 166 g/mol. The highest BCUT2D eigenvalue weighted by Crippen LogP contribution is 2.52. The predicted molar refractivity (Wildman–Crippen MR) is 50.0 cm³/mol. The van der Waals surface area contributed by atoms with Gasteiger partial charge in [0.05, 0.1) is 0 Å². The first-order valence-electron chi connectivity index (χ1n) is 5.07. The van der Waals surface area contributed by atoms with Gasteiger partial charge in [-0.3, -0.25) is 0 Å². The summed E-state index contributed by atoms with van der Waals surface area (Å²) >= 11 is 0. The third-order valence-corrected chi connectivity index (χ3v) is 3.35. The third kappa shape index (κ3) is 1.56.